The topological polar surface area (TPSA) is 8.17 Å². The Kier molecular flexibility index (Phi) is 9.21. The first-order valence-electron chi connectivity index (χ1n) is 21.1. The van der Waals surface area contributed by atoms with Crippen molar-refractivity contribution in [3.8, 4) is 27.9 Å². The van der Waals surface area contributed by atoms with Gasteiger partial charge in [0.25, 0.3) is 0 Å². The second-order valence-corrected chi connectivity index (χ2v) is 17.2. The summed E-state index contributed by atoms with van der Waals surface area (Å²) in [6.45, 7) is 6.93. The molecule has 1 fully saturated rings. The molecule has 0 unspecified atom stereocenters. The van der Waals surface area contributed by atoms with Crippen LogP contribution in [0.5, 0.6) is 0 Å². The molecule has 2 heteroatoms. The maximum absolute atomic E-state index is 2.54. The molecule has 1 heterocycles. The van der Waals surface area contributed by atoms with Gasteiger partial charge >= 0.3 is 0 Å². The molecule has 9 aromatic rings. The summed E-state index contributed by atoms with van der Waals surface area (Å²) in [5.74, 6) is 0.584. The molecule has 0 atom stereocenters. The molecule has 0 aliphatic heterocycles. The molecule has 8 aromatic carbocycles. The Morgan fingerprint density at radius 1 is 0.500 bits per heavy atom. The highest BCUT2D eigenvalue weighted by molar-refractivity contribution is 6.11. The highest BCUT2D eigenvalue weighted by Gasteiger charge is 2.26. The second kappa shape index (κ2) is 14.8. The maximum Gasteiger partial charge on any atom is 0.0542 e. The molecular formula is C56H50N2. The average molecular weight is 751 g/mol. The number of fused-ring (bicyclic) bond motifs is 4. The van der Waals surface area contributed by atoms with Gasteiger partial charge in [0, 0.05) is 33.3 Å². The molecule has 0 N–H and O–H groups in total. The molecule has 1 aromatic heterocycles. The van der Waals surface area contributed by atoms with Gasteiger partial charge in [0.2, 0.25) is 0 Å². The maximum atomic E-state index is 2.54. The number of aromatic nitrogens is 1. The van der Waals surface area contributed by atoms with E-state index < -0.39 is 0 Å². The van der Waals surface area contributed by atoms with Crippen LogP contribution < -0.4 is 4.90 Å². The SMILES string of the molecule is CC(C)(C)c1ccc(N(c2ccc3c(c2)c2ccccc2n3-c2ccccc2)c2ccccc2-c2cccc3cccc(C4CCCCC4)c23)c(-c2ccccc2)c1. The van der Waals surface area contributed by atoms with Crippen molar-refractivity contribution in [2.75, 3.05) is 4.90 Å². The molecule has 1 aliphatic carbocycles. The third-order valence-electron chi connectivity index (χ3n) is 12.5. The molecule has 0 bridgehead atoms. The molecule has 10 rings (SSSR count). The van der Waals surface area contributed by atoms with Gasteiger partial charge in [0.15, 0.2) is 0 Å². The minimum absolute atomic E-state index is 0.0125. The Hall–Kier alpha value is -6.38. The molecule has 284 valence electrons. The van der Waals surface area contributed by atoms with Gasteiger partial charge in [-0.15, -0.1) is 0 Å². The van der Waals surface area contributed by atoms with Crippen molar-refractivity contribution in [2.24, 2.45) is 0 Å². The lowest BCUT2D eigenvalue weighted by atomic mass is 9.80. The van der Waals surface area contributed by atoms with E-state index >= 15 is 0 Å². The minimum atomic E-state index is -0.0125. The normalized spacial score (nSPS) is 13.7. The minimum Gasteiger partial charge on any atom is -0.309 e. The number of rotatable bonds is 7. The molecule has 0 spiro atoms. The van der Waals surface area contributed by atoms with Crippen LogP contribution >= 0.6 is 0 Å². The summed E-state index contributed by atoms with van der Waals surface area (Å²) in [6.07, 6.45) is 6.49. The van der Waals surface area contributed by atoms with Crippen molar-refractivity contribution in [3.05, 3.63) is 193 Å². The fourth-order valence-corrected chi connectivity index (χ4v) is 9.65. The molecule has 0 radical (unpaired) electrons. The van der Waals surface area contributed by atoms with E-state index in [1.165, 1.54) is 104 Å². The van der Waals surface area contributed by atoms with Gasteiger partial charge < -0.3 is 9.47 Å². The summed E-state index contributed by atoms with van der Waals surface area (Å²) in [5.41, 5.74) is 14.8. The van der Waals surface area contributed by atoms with Gasteiger partial charge in [-0.25, -0.2) is 0 Å². The predicted octanol–water partition coefficient (Wildman–Crippen LogP) is 16.1. The first kappa shape index (κ1) is 36.0. The van der Waals surface area contributed by atoms with E-state index in [1.54, 1.807) is 0 Å². The quantitative estimate of drug-likeness (QED) is 0.157. The largest absolute Gasteiger partial charge is 0.309 e. The van der Waals surface area contributed by atoms with Crippen LogP contribution in [0.3, 0.4) is 0 Å². The van der Waals surface area contributed by atoms with E-state index in [1.807, 2.05) is 0 Å². The van der Waals surface area contributed by atoms with Crippen molar-refractivity contribution in [3.63, 3.8) is 0 Å². The number of hydrogen-bond donors (Lipinski definition) is 0. The molecule has 0 saturated heterocycles. The zero-order valence-electron chi connectivity index (χ0n) is 33.8. The summed E-state index contributed by atoms with van der Waals surface area (Å²) < 4.78 is 2.41. The van der Waals surface area contributed by atoms with Crippen LogP contribution in [0.4, 0.5) is 17.1 Å². The number of benzene rings is 8. The monoisotopic (exact) mass is 750 g/mol. The molecular weight excluding hydrogens is 701 g/mol. The molecule has 1 aliphatic rings. The smallest absolute Gasteiger partial charge is 0.0542 e. The Labute approximate surface area is 343 Å². The number of hydrogen-bond acceptors (Lipinski definition) is 1. The molecule has 2 nitrogen and oxygen atoms in total. The predicted molar refractivity (Wildman–Crippen MR) is 248 cm³/mol. The van der Waals surface area contributed by atoms with Crippen LogP contribution in [0.1, 0.15) is 69.9 Å². The van der Waals surface area contributed by atoms with E-state index in [0.29, 0.717) is 5.92 Å². The van der Waals surface area contributed by atoms with Crippen molar-refractivity contribution in [2.45, 2.75) is 64.2 Å². The van der Waals surface area contributed by atoms with E-state index in [-0.39, 0.29) is 5.41 Å². The highest BCUT2D eigenvalue weighted by atomic mass is 15.1. The zero-order valence-corrected chi connectivity index (χ0v) is 33.8. The van der Waals surface area contributed by atoms with Gasteiger partial charge in [0.1, 0.15) is 0 Å². The Morgan fingerprint density at radius 2 is 1.16 bits per heavy atom. The van der Waals surface area contributed by atoms with Crippen LogP contribution in [0.15, 0.2) is 182 Å². The molecule has 1 saturated carbocycles. The lowest BCUT2D eigenvalue weighted by molar-refractivity contribution is 0.445. The number of nitrogens with zero attached hydrogens (tertiary/aromatic N) is 2. The summed E-state index contributed by atoms with van der Waals surface area (Å²) in [4.78, 5) is 2.54. The average Bonchev–Trinajstić information content (AvgIpc) is 3.61. The van der Waals surface area contributed by atoms with E-state index in [0.717, 1.165) is 17.1 Å². The van der Waals surface area contributed by atoms with Gasteiger partial charge in [0.05, 0.1) is 22.4 Å². The van der Waals surface area contributed by atoms with Crippen molar-refractivity contribution in [1.82, 2.24) is 4.57 Å². The zero-order chi connectivity index (χ0) is 39.2. The van der Waals surface area contributed by atoms with E-state index in [9.17, 15) is 0 Å². The second-order valence-electron chi connectivity index (χ2n) is 17.2. The van der Waals surface area contributed by atoms with Crippen LogP contribution in [0, 0.1) is 0 Å². The first-order chi connectivity index (χ1) is 28.4. The fourth-order valence-electron chi connectivity index (χ4n) is 9.65. The van der Waals surface area contributed by atoms with E-state index in [4.69, 9.17) is 0 Å². The van der Waals surface area contributed by atoms with Crippen molar-refractivity contribution < 1.29 is 0 Å². The Morgan fingerprint density at radius 3 is 1.95 bits per heavy atom. The number of para-hydroxylation sites is 3. The summed E-state index contributed by atoms with van der Waals surface area (Å²) >= 11 is 0. The Bertz CT molecular complexity index is 2900. The molecule has 58 heavy (non-hydrogen) atoms. The van der Waals surface area contributed by atoms with Crippen LogP contribution in [0.2, 0.25) is 0 Å². The fraction of sp³-hybridized carbons (Fsp3) is 0.179. The lowest BCUT2D eigenvalue weighted by Crippen LogP contribution is -2.15. The summed E-state index contributed by atoms with van der Waals surface area (Å²) in [7, 11) is 0. The standard InChI is InChI=1S/C56H50N2/c1-56(2,3)42-33-35-53(49(37-42)40-21-9-5-10-22-40)58(44-34-36-54-50(38-44)47-28-14-16-32-52(47)57(54)43-25-11-6-12-26-43)51-31-15-13-27-46(51)48-30-18-24-41-23-17-29-45(55(41)48)39-19-7-4-8-20-39/h5-6,9-18,21-39H,4,7-8,19-20H2,1-3H3. The van der Waals surface area contributed by atoms with Crippen LogP contribution in [-0.2, 0) is 5.41 Å². The molecule has 0 amide bonds. The van der Waals surface area contributed by atoms with Gasteiger partial charge in [-0.3, -0.25) is 0 Å². The van der Waals surface area contributed by atoms with Gasteiger partial charge in [-0.05, 0) is 112 Å². The summed E-state index contributed by atoms with van der Waals surface area (Å²) in [6, 6.07) is 67.8. The third-order valence-corrected chi connectivity index (χ3v) is 12.5. The highest BCUT2D eigenvalue weighted by Crippen LogP contribution is 2.49. The first-order valence-corrected chi connectivity index (χ1v) is 21.1. The lowest BCUT2D eigenvalue weighted by Gasteiger charge is -2.32. The Balaban J connectivity index is 1.27. The van der Waals surface area contributed by atoms with Gasteiger partial charge in [-0.1, -0.05) is 167 Å². The van der Waals surface area contributed by atoms with Gasteiger partial charge in [-0.2, -0.15) is 0 Å². The van der Waals surface area contributed by atoms with Crippen molar-refractivity contribution in [1.29, 1.82) is 0 Å². The van der Waals surface area contributed by atoms with Crippen LogP contribution in [0.25, 0.3) is 60.5 Å². The number of anilines is 3. The van der Waals surface area contributed by atoms with E-state index in [2.05, 4.69) is 212 Å². The third kappa shape index (κ3) is 6.38. The summed E-state index contributed by atoms with van der Waals surface area (Å²) in [5, 5.41) is 5.19. The van der Waals surface area contributed by atoms with Crippen LogP contribution in [-0.4, -0.2) is 4.57 Å². The van der Waals surface area contributed by atoms with Crippen molar-refractivity contribution >= 4 is 49.6 Å².